The molecule has 0 unspecified atom stereocenters. The third-order valence-electron chi connectivity index (χ3n) is 11.4. The molecule has 2 aliphatic heterocycles. The van der Waals surface area contributed by atoms with E-state index < -0.39 is 23.8 Å². The molecule has 2 saturated heterocycles. The van der Waals surface area contributed by atoms with Crippen molar-refractivity contribution in [2.75, 3.05) is 55.5 Å². The predicted molar refractivity (Wildman–Crippen MR) is 203 cm³/mol. The number of nitrogens with one attached hydrogen (secondary N) is 2. The van der Waals surface area contributed by atoms with Crippen LogP contribution < -0.4 is 25.2 Å². The van der Waals surface area contributed by atoms with E-state index in [-0.39, 0.29) is 24.1 Å². The van der Waals surface area contributed by atoms with E-state index in [2.05, 4.69) is 49.6 Å². The van der Waals surface area contributed by atoms with Crippen LogP contribution in [0.3, 0.4) is 0 Å². The van der Waals surface area contributed by atoms with Gasteiger partial charge in [0, 0.05) is 74.2 Å². The Morgan fingerprint density at radius 1 is 1.04 bits per heavy atom. The number of aromatic nitrogens is 5. The number of halogens is 3. The summed E-state index contributed by atoms with van der Waals surface area (Å²) in [5.41, 5.74) is 1.39. The van der Waals surface area contributed by atoms with E-state index in [0.29, 0.717) is 41.3 Å². The highest BCUT2D eigenvalue weighted by Crippen LogP contribution is 2.36. The summed E-state index contributed by atoms with van der Waals surface area (Å²) in [5, 5.41) is 10.6. The molecule has 14 nitrogen and oxygen atoms in total. The number of piperidine rings is 1. The summed E-state index contributed by atoms with van der Waals surface area (Å²) in [5.74, 6) is 0.532. The van der Waals surface area contributed by atoms with Crippen LogP contribution in [0, 0.1) is 5.92 Å². The second-order valence-electron chi connectivity index (χ2n) is 14.9. The van der Waals surface area contributed by atoms with E-state index in [9.17, 15) is 27.6 Å². The van der Waals surface area contributed by atoms with Crippen molar-refractivity contribution < 1.29 is 32.3 Å². The molecule has 56 heavy (non-hydrogen) atoms. The first-order chi connectivity index (χ1) is 26.9. The Morgan fingerprint density at radius 3 is 2.55 bits per heavy atom. The van der Waals surface area contributed by atoms with Crippen LogP contribution >= 0.6 is 0 Å². The Hall–Kier alpha value is -5.71. The van der Waals surface area contributed by atoms with Crippen molar-refractivity contribution >= 4 is 51.6 Å². The number of pyridine rings is 2. The van der Waals surface area contributed by atoms with Crippen LogP contribution in [-0.2, 0) is 11.0 Å². The molecular formula is C39H43F3N10O4. The molecule has 0 bridgehead atoms. The minimum atomic E-state index is -4.66. The number of carbonyl (C=O) groups is 3. The number of ether oxygens (including phenoxy) is 1. The van der Waals surface area contributed by atoms with Gasteiger partial charge < -0.3 is 19.9 Å². The number of imidazole rings is 1. The van der Waals surface area contributed by atoms with E-state index >= 15 is 0 Å². The largest absolute Gasteiger partial charge is 0.494 e. The number of amides is 4. The summed E-state index contributed by atoms with van der Waals surface area (Å²) in [6.45, 7) is 3.24. The topological polar surface area (TPSA) is 142 Å². The standard InChI is InChI=1S/C39H43F3N10O4/c1-48(26-10-14-49(15-11-26)28-12-16-50-34(19-28)43-21-36(50)51-17-13-35(53)46-38(51)55)22-24-6-8-27(9-7-24)52-23-25-18-31(32(56-2)20-30(25)47-52)45-37(54)29-4-3-5-33(44-29)39(40,41)42/h3-5,12,16,18-21,23-24,26-27H,6-11,13-15,17,22H2,1-2H3,(H,45,54)(H,46,53,55)/t24-,27-. The molecule has 1 aromatic carbocycles. The molecule has 0 atom stereocenters. The normalized spacial score (nSPS) is 19.9. The van der Waals surface area contributed by atoms with Crippen molar-refractivity contribution in [1.29, 1.82) is 0 Å². The molecule has 0 spiro atoms. The highest BCUT2D eigenvalue weighted by molar-refractivity contribution is 6.06. The van der Waals surface area contributed by atoms with E-state index in [0.717, 1.165) is 87.0 Å². The smallest absolute Gasteiger partial charge is 0.433 e. The maximum atomic E-state index is 13.2. The molecule has 1 saturated carbocycles. The van der Waals surface area contributed by atoms with Gasteiger partial charge in [-0.05, 0) is 75.8 Å². The van der Waals surface area contributed by atoms with E-state index in [1.807, 2.05) is 21.5 Å². The Kier molecular flexibility index (Phi) is 10.0. The monoisotopic (exact) mass is 772 g/mol. The third-order valence-corrected chi connectivity index (χ3v) is 11.4. The molecule has 2 N–H and O–H groups in total. The van der Waals surface area contributed by atoms with Crippen molar-refractivity contribution in [2.24, 2.45) is 5.92 Å². The number of alkyl halides is 3. The van der Waals surface area contributed by atoms with Crippen molar-refractivity contribution in [3.05, 3.63) is 72.4 Å². The van der Waals surface area contributed by atoms with Crippen LogP contribution in [0.4, 0.5) is 35.2 Å². The molecule has 8 rings (SSSR count). The van der Waals surface area contributed by atoms with E-state index in [4.69, 9.17) is 9.84 Å². The zero-order valence-electron chi connectivity index (χ0n) is 31.1. The number of imide groups is 1. The first-order valence-corrected chi connectivity index (χ1v) is 18.9. The zero-order chi connectivity index (χ0) is 39.1. The Morgan fingerprint density at radius 2 is 1.82 bits per heavy atom. The zero-order valence-corrected chi connectivity index (χ0v) is 31.1. The Bertz CT molecular complexity index is 2270. The summed E-state index contributed by atoms with van der Waals surface area (Å²) in [4.78, 5) is 51.4. The lowest BCUT2D eigenvalue weighted by Gasteiger charge is -2.40. The van der Waals surface area contributed by atoms with Crippen LogP contribution in [0.15, 0.2) is 61.1 Å². The molecular weight excluding hydrogens is 729 g/mol. The Balaban J connectivity index is 0.833. The van der Waals surface area contributed by atoms with E-state index in [1.165, 1.54) is 13.2 Å². The van der Waals surface area contributed by atoms with Gasteiger partial charge in [0.1, 0.15) is 28.6 Å². The molecule has 17 heteroatoms. The van der Waals surface area contributed by atoms with Gasteiger partial charge in [0.2, 0.25) is 5.91 Å². The van der Waals surface area contributed by atoms with Gasteiger partial charge in [-0.1, -0.05) is 6.07 Å². The van der Waals surface area contributed by atoms with Crippen LogP contribution in [0.5, 0.6) is 5.75 Å². The summed E-state index contributed by atoms with van der Waals surface area (Å²) >= 11 is 0. The number of benzene rings is 1. The lowest BCUT2D eigenvalue weighted by atomic mass is 9.85. The van der Waals surface area contributed by atoms with Gasteiger partial charge in [0.05, 0.1) is 30.6 Å². The van der Waals surface area contributed by atoms with E-state index in [1.54, 1.807) is 23.2 Å². The van der Waals surface area contributed by atoms with Gasteiger partial charge in [-0.15, -0.1) is 0 Å². The number of nitrogens with zero attached hydrogens (tertiary/aromatic N) is 8. The fourth-order valence-electron chi connectivity index (χ4n) is 8.28. The minimum absolute atomic E-state index is 0.232. The first-order valence-electron chi connectivity index (χ1n) is 18.9. The van der Waals surface area contributed by atoms with Gasteiger partial charge in [0.15, 0.2) is 0 Å². The molecule has 3 fully saturated rings. The molecule has 294 valence electrons. The first kappa shape index (κ1) is 37.2. The molecule has 0 radical (unpaired) electrons. The fourth-order valence-corrected chi connectivity index (χ4v) is 8.28. The Labute approximate surface area is 320 Å². The van der Waals surface area contributed by atoms with Gasteiger partial charge in [-0.2, -0.15) is 18.3 Å². The number of rotatable bonds is 9. The molecule has 4 aromatic heterocycles. The van der Waals surface area contributed by atoms with Crippen molar-refractivity contribution in [3.63, 3.8) is 0 Å². The van der Waals surface area contributed by atoms with Crippen molar-refractivity contribution in [1.82, 2.24) is 34.4 Å². The van der Waals surface area contributed by atoms with Crippen LogP contribution in [0.1, 0.15) is 67.2 Å². The van der Waals surface area contributed by atoms with Crippen LogP contribution in [0.2, 0.25) is 0 Å². The summed E-state index contributed by atoms with van der Waals surface area (Å²) in [6, 6.07) is 11.1. The van der Waals surface area contributed by atoms with Gasteiger partial charge >= 0.3 is 12.2 Å². The molecule has 1 aliphatic carbocycles. The molecule has 3 aliphatic rings. The molecule has 4 amide bonds. The second kappa shape index (κ2) is 15.1. The number of anilines is 3. The highest BCUT2D eigenvalue weighted by Gasteiger charge is 2.33. The average Bonchev–Trinajstić information content (AvgIpc) is 3.81. The number of carbonyl (C=O) groups excluding carboxylic acids is 3. The lowest BCUT2D eigenvalue weighted by Crippen LogP contribution is -2.50. The third kappa shape index (κ3) is 7.59. The summed E-state index contributed by atoms with van der Waals surface area (Å²) < 4.78 is 48.9. The quantitative estimate of drug-likeness (QED) is 0.181. The van der Waals surface area contributed by atoms with Gasteiger partial charge in [0.25, 0.3) is 5.91 Å². The fraction of sp³-hybridized carbons (Fsp3) is 0.436. The molecule has 5 aromatic rings. The summed E-state index contributed by atoms with van der Waals surface area (Å²) in [6.07, 6.45) is 7.43. The highest BCUT2D eigenvalue weighted by atomic mass is 19.4. The van der Waals surface area contributed by atoms with Gasteiger partial charge in [-0.25, -0.2) is 14.8 Å². The number of urea groups is 1. The number of hydrogen-bond donors (Lipinski definition) is 2. The maximum absolute atomic E-state index is 13.2. The number of methoxy groups -OCH3 is 1. The number of fused-ring (bicyclic) bond motifs is 2. The van der Waals surface area contributed by atoms with Crippen molar-refractivity contribution in [3.8, 4) is 5.75 Å². The maximum Gasteiger partial charge on any atom is 0.433 e. The SMILES string of the molecule is COc1cc2nn([C@H]3CC[C@H](CN(C)C4CCN(c5ccn6c(N7CCC(=O)NC7=O)cnc6c5)CC4)CC3)cc2cc1NC(=O)c1cccc(C(F)(F)F)n1. The minimum Gasteiger partial charge on any atom is -0.494 e. The second-order valence-corrected chi connectivity index (χ2v) is 14.9. The van der Waals surface area contributed by atoms with Crippen molar-refractivity contribution in [2.45, 2.75) is 63.2 Å². The number of hydrogen-bond acceptors (Lipinski definition) is 9. The van der Waals surface area contributed by atoms with Crippen LogP contribution in [0.25, 0.3) is 16.6 Å². The molecule has 6 heterocycles. The predicted octanol–water partition coefficient (Wildman–Crippen LogP) is 6.14. The van der Waals surface area contributed by atoms with Gasteiger partial charge in [-0.3, -0.25) is 28.9 Å². The van der Waals surface area contributed by atoms with Crippen LogP contribution in [-0.4, -0.2) is 93.3 Å². The lowest BCUT2D eigenvalue weighted by molar-refractivity contribution is -0.141. The summed E-state index contributed by atoms with van der Waals surface area (Å²) in [7, 11) is 3.70. The average molecular weight is 773 g/mol.